The van der Waals surface area contributed by atoms with Crippen LogP contribution in [0.15, 0.2) is 0 Å². The molecule has 3 N–H and O–H groups in total. The van der Waals surface area contributed by atoms with Gasteiger partial charge in [-0.15, -0.1) is 0 Å². The summed E-state index contributed by atoms with van der Waals surface area (Å²) in [5, 5.41) is 17.0. The maximum Gasteiger partial charge on any atom is 0.318 e. The van der Waals surface area contributed by atoms with Crippen LogP contribution in [-0.4, -0.2) is 35.3 Å². The summed E-state index contributed by atoms with van der Waals surface area (Å²) < 4.78 is 0. The fourth-order valence-corrected chi connectivity index (χ4v) is 0.683. The summed E-state index contributed by atoms with van der Waals surface area (Å²) in [6, 6.07) is 0. The molecule has 0 aromatic rings. The molecule has 0 fully saturated rings. The third-order valence-electron chi connectivity index (χ3n) is 1.57. The summed E-state index contributed by atoms with van der Waals surface area (Å²) in [5.41, 5.74) is 1.97. The lowest BCUT2D eigenvalue weighted by Crippen LogP contribution is -2.37. The van der Waals surface area contributed by atoms with E-state index in [2.05, 4.69) is 0 Å². The van der Waals surface area contributed by atoms with Gasteiger partial charge in [-0.1, -0.05) is 13.3 Å². The van der Waals surface area contributed by atoms with Crippen LogP contribution in [0.3, 0.4) is 0 Å². The highest BCUT2D eigenvalue weighted by atomic mass is 16.6. The van der Waals surface area contributed by atoms with Gasteiger partial charge in [-0.25, -0.2) is 5.48 Å². The topological polar surface area (TPSA) is 95.9 Å². The number of rotatable bonds is 7. The van der Waals surface area contributed by atoms with Crippen molar-refractivity contribution in [2.24, 2.45) is 5.92 Å². The van der Waals surface area contributed by atoms with E-state index >= 15 is 0 Å². The monoisotopic (exact) mass is 205 g/mol. The first-order valence-corrected chi connectivity index (χ1v) is 4.38. The molecule has 1 amide bonds. The van der Waals surface area contributed by atoms with E-state index in [0.717, 1.165) is 12.8 Å². The smallest absolute Gasteiger partial charge is 0.318 e. The van der Waals surface area contributed by atoms with Gasteiger partial charge < -0.3 is 10.2 Å². The molecule has 0 aliphatic rings. The number of aliphatic carboxylic acids is 1. The molecule has 0 spiro atoms. The lowest BCUT2D eigenvalue weighted by atomic mass is 10.1. The molecule has 82 valence electrons. The fraction of sp³-hybridized carbons (Fsp3) is 0.750. The first-order valence-electron chi connectivity index (χ1n) is 4.38. The van der Waals surface area contributed by atoms with E-state index in [4.69, 9.17) is 15.1 Å². The second-order valence-corrected chi connectivity index (χ2v) is 2.74. The molecule has 6 nitrogen and oxygen atoms in total. The largest absolute Gasteiger partial charge is 0.481 e. The fourth-order valence-electron chi connectivity index (χ4n) is 0.683. The molecule has 0 aromatic carbocycles. The van der Waals surface area contributed by atoms with Crippen molar-refractivity contribution in [2.75, 3.05) is 13.2 Å². The second-order valence-electron chi connectivity index (χ2n) is 2.74. The first kappa shape index (κ1) is 12.9. The summed E-state index contributed by atoms with van der Waals surface area (Å²) in [4.78, 5) is 26.1. The van der Waals surface area contributed by atoms with Crippen molar-refractivity contribution in [3.63, 3.8) is 0 Å². The number of unbranched alkanes of at least 4 members (excludes halogenated alkanes) is 1. The summed E-state index contributed by atoms with van der Waals surface area (Å²) in [6.07, 6.45) is 1.69. The van der Waals surface area contributed by atoms with Crippen LogP contribution in [0, 0.1) is 5.92 Å². The Hall–Kier alpha value is -1.14. The third-order valence-corrected chi connectivity index (χ3v) is 1.57. The first-order chi connectivity index (χ1) is 6.63. The average Bonchev–Trinajstić information content (AvgIpc) is 2.13. The predicted octanol–water partition coefficient (Wildman–Crippen LogP) is -0.473. The zero-order valence-electron chi connectivity index (χ0n) is 8.02. The molecule has 1 atom stereocenters. The number of hydrogen-bond donors (Lipinski definition) is 3. The van der Waals surface area contributed by atoms with Gasteiger partial charge in [-0.05, 0) is 6.42 Å². The Kier molecular flexibility index (Phi) is 6.69. The van der Waals surface area contributed by atoms with Crippen LogP contribution in [0.2, 0.25) is 0 Å². The number of carboxylic acids is 1. The quantitative estimate of drug-likeness (QED) is 0.296. The van der Waals surface area contributed by atoms with E-state index < -0.39 is 24.4 Å². The second kappa shape index (κ2) is 7.28. The third kappa shape index (κ3) is 4.78. The lowest BCUT2D eigenvalue weighted by molar-refractivity contribution is -0.153. The van der Waals surface area contributed by atoms with Gasteiger partial charge in [0, 0.05) is 0 Å². The van der Waals surface area contributed by atoms with Crippen LogP contribution >= 0.6 is 0 Å². The van der Waals surface area contributed by atoms with Gasteiger partial charge >= 0.3 is 5.97 Å². The Morgan fingerprint density at radius 2 is 2.14 bits per heavy atom. The van der Waals surface area contributed by atoms with Gasteiger partial charge in [0.1, 0.15) is 0 Å². The normalized spacial score (nSPS) is 12.1. The van der Waals surface area contributed by atoms with Gasteiger partial charge in [0.15, 0.2) is 5.92 Å². The van der Waals surface area contributed by atoms with Gasteiger partial charge in [0.2, 0.25) is 0 Å². The Labute approximate surface area is 81.8 Å². The minimum Gasteiger partial charge on any atom is -0.481 e. The Morgan fingerprint density at radius 3 is 2.57 bits per heavy atom. The van der Waals surface area contributed by atoms with Gasteiger partial charge in [-0.2, -0.15) is 0 Å². The number of carboxylic acid groups (broad SMARTS) is 1. The van der Waals surface area contributed by atoms with Gasteiger partial charge in [0.05, 0.1) is 13.2 Å². The highest BCUT2D eigenvalue weighted by molar-refractivity contribution is 5.96. The summed E-state index contributed by atoms with van der Waals surface area (Å²) in [7, 11) is 0. The molecule has 0 radical (unpaired) electrons. The number of aliphatic hydroxyl groups excluding tert-OH is 1. The number of hydroxylamine groups is 1. The van der Waals surface area contributed by atoms with Crippen LogP contribution in [0.4, 0.5) is 0 Å². The molecule has 14 heavy (non-hydrogen) atoms. The van der Waals surface area contributed by atoms with E-state index in [-0.39, 0.29) is 0 Å². The summed E-state index contributed by atoms with van der Waals surface area (Å²) in [6.45, 7) is 1.55. The van der Waals surface area contributed by atoms with Crippen LogP contribution < -0.4 is 5.48 Å². The van der Waals surface area contributed by atoms with E-state index in [0.29, 0.717) is 6.61 Å². The number of hydrogen-bond acceptors (Lipinski definition) is 4. The van der Waals surface area contributed by atoms with Crippen LogP contribution in [0.1, 0.15) is 19.8 Å². The zero-order chi connectivity index (χ0) is 11.0. The van der Waals surface area contributed by atoms with Crippen molar-refractivity contribution in [2.45, 2.75) is 19.8 Å². The number of carbonyl (C=O) groups excluding carboxylic acids is 1. The Morgan fingerprint density at radius 1 is 1.50 bits per heavy atom. The Bertz CT molecular complexity index is 194. The molecule has 0 rings (SSSR count). The maximum absolute atomic E-state index is 11.0. The van der Waals surface area contributed by atoms with E-state index in [9.17, 15) is 9.59 Å². The highest BCUT2D eigenvalue weighted by Crippen LogP contribution is 1.95. The molecule has 0 saturated heterocycles. The van der Waals surface area contributed by atoms with E-state index in [1.54, 1.807) is 0 Å². The van der Waals surface area contributed by atoms with E-state index in [1.165, 1.54) is 0 Å². The van der Waals surface area contributed by atoms with Crippen molar-refractivity contribution in [3.8, 4) is 0 Å². The Balaban J connectivity index is 3.76. The van der Waals surface area contributed by atoms with E-state index in [1.807, 2.05) is 12.4 Å². The van der Waals surface area contributed by atoms with Crippen molar-refractivity contribution in [1.82, 2.24) is 5.48 Å². The summed E-state index contributed by atoms with van der Waals surface area (Å²) in [5.74, 6) is -3.67. The van der Waals surface area contributed by atoms with Crippen LogP contribution in [0.25, 0.3) is 0 Å². The summed E-state index contributed by atoms with van der Waals surface area (Å²) >= 11 is 0. The standard InChI is InChI=1S/C8H15NO5/c1-2-3-4-14-9-7(11)6(5-10)8(12)13/h6,10H,2-5H2,1H3,(H,9,11)(H,12,13). The highest BCUT2D eigenvalue weighted by Gasteiger charge is 2.25. The van der Waals surface area contributed by atoms with Gasteiger partial charge in [-0.3, -0.25) is 14.4 Å². The molecule has 0 heterocycles. The number of aliphatic hydroxyl groups is 1. The van der Waals surface area contributed by atoms with Crippen molar-refractivity contribution in [3.05, 3.63) is 0 Å². The van der Waals surface area contributed by atoms with Crippen molar-refractivity contribution < 1.29 is 24.6 Å². The molecule has 0 aliphatic carbocycles. The molecular weight excluding hydrogens is 190 g/mol. The number of carbonyl (C=O) groups is 2. The number of nitrogens with one attached hydrogen (secondary N) is 1. The van der Waals surface area contributed by atoms with Crippen molar-refractivity contribution in [1.29, 1.82) is 0 Å². The molecule has 0 aromatic heterocycles. The minimum atomic E-state index is -1.46. The van der Waals surface area contributed by atoms with Crippen LogP contribution in [0.5, 0.6) is 0 Å². The molecular formula is C8H15NO5. The average molecular weight is 205 g/mol. The molecule has 6 heteroatoms. The minimum absolute atomic E-state index is 0.333. The SMILES string of the molecule is CCCCONC(=O)C(CO)C(=O)O. The molecule has 1 unspecified atom stereocenters. The molecule has 0 bridgehead atoms. The van der Waals surface area contributed by atoms with Crippen LogP contribution in [-0.2, 0) is 14.4 Å². The lowest BCUT2D eigenvalue weighted by Gasteiger charge is -2.09. The maximum atomic E-state index is 11.0. The predicted molar refractivity (Wildman–Crippen MR) is 47.2 cm³/mol. The molecule has 0 aliphatic heterocycles. The van der Waals surface area contributed by atoms with Crippen molar-refractivity contribution >= 4 is 11.9 Å². The zero-order valence-corrected chi connectivity index (χ0v) is 8.02. The van der Waals surface area contributed by atoms with Gasteiger partial charge in [0.25, 0.3) is 5.91 Å². The molecule has 0 saturated carbocycles. The number of amides is 1.